The number of ketones is 1. The molecule has 0 bridgehead atoms. The van der Waals surface area contributed by atoms with E-state index in [4.69, 9.17) is 4.74 Å². The molecule has 2 heterocycles. The van der Waals surface area contributed by atoms with Gasteiger partial charge in [-0.3, -0.25) is 14.6 Å². The number of carbonyl (C=O) groups excluding carboxylic acids is 2. The molecule has 184 valence electrons. The summed E-state index contributed by atoms with van der Waals surface area (Å²) in [4.78, 5) is 31.9. The summed E-state index contributed by atoms with van der Waals surface area (Å²) in [6, 6.07) is 29.5. The van der Waals surface area contributed by atoms with Crippen LogP contribution in [0.3, 0.4) is 0 Å². The third-order valence-corrected chi connectivity index (χ3v) is 6.42. The van der Waals surface area contributed by atoms with E-state index < -0.39 is 17.7 Å². The van der Waals surface area contributed by atoms with E-state index in [1.54, 1.807) is 17.0 Å². The van der Waals surface area contributed by atoms with Gasteiger partial charge in [0.15, 0.2) is 0 Å². The van der Waals surface area contributed by atoms with Crippen LogP contribution in [0.15, 0.2) is 115 Å². The van der Waals surface area contributed by atoms with Crippen LogP contribution in [0, 0.1) is 0 Å². The van der Waals surface area contributed by atoms with E-state index >= 15 is 0 Å². The second-order valence-electron chi connectivity index (χ2n) is 8.81. The normalized spacial score (nSPS) is 16.6. The van der Waals surface area contributed by atoms with Crippen LogP contribution in [-0.2, 0) is 22.6 Å². The standard InChI is InChI=1S/C31H26N2O4/c34-29(25-15-18-32-19-16-25)27-28(33(31(36)30(27)35)20-17-22-7-3-1-4-8-22)24-11-13-26(14-12-24)37-21-23-9-5-2-6-10-23/h1-16,18-19,28,34H,17,20-21H2/b29-27+. The van der Waals surface area contributed by atoms with Gasteiger partial charge in [-0.1, -0.05) is 72.8 Å². The predicted octanol–water partition coefficient (Wildman–Crippen LogP) is 5.33. The monoisotopic (exact) mass is 490 g/mol. The number of Topliss-reactive ketones (excluding diaryl/α,β-unsaturated/α-hetero) is 1. The Kier molecular flexibility index (Phi) is 7.08. The van der Waals surface area contributed by atoms with Crippen LogP contribution < -0.4 is 4.74 Å². The Balaban J connectivity index is 1.46. The first-order valence-corrected chi connectivity index (χ1v) is 12.1. The number of ether oxygens (including phenoxy) is 1. The van der Waals surface area contributed by atoms with E-state index in [0.29, 0.717) is 30.9 Å². The number of pyridine rings is 1. The van der Waals surface area contributed by atoms with Gasteiger partial charge < -0.3 is 14.7 Å². The van der Waals surface area contributed by atoms with Crippen molar-refractivity contribution in [2.24, 2.45) is 0 Å². The van der Waals surface area contributed by atoms with Crippen molar-refractivity contribution in [3.63, 3.8) is 0 Å². The van der Waals surface area contributed by atoms with Crippen molar-refractivity contribution in [1.29, 1.82) is 0 Å². The van der Waals surface area contributed by atoms with Crippen molar-refractivity contribution in [2.75, 3.05) is 6.54 Å². The van der Waals surface area contributed by atoms with Gasteiger partial charge in [0.25, 0.3) is 11.7 Å². The average Bonchev–Trinajstić information content (AvgIpc) is 3.21. The molecule has 1 fully saturated rings. The Labute approximate surface area is 215 Å². The summed E-state index contributed by atoms with van der Waals surface area (Å²) in [5, 5.41) is 11.1. The summed E-state index contributed by atoms with van der Waals surface area (Å²) in [6.45, 7) is 0.760. The SMILES string of the molecule is O=C1C(=O)N(CCc2ccccc2)C(c2ccc(OCc3ccccc3)cc2)/C1=C(\O)c1ccncc1. The molecule has 6 nitrogen and oxygen atoms in total. The van der Waals surface area contributed by atoms with Gasteiger partial charge >= 0.3 is 0 Å². The number of aliphatic hydroxyl groups is 1. The number of hydrogen-bond acceptors (Lipinski definition) is 5. The summed E-state index contributed by atoms with van der Waals surface area (Å²) in [5.74, 6) is -0.863. The maximum Gasteiger partial charge on any atom is 0.295 e. The van der Waals surface area contributed by atoms with Crippen molar-refractivity contribution in [3.05, 3.63) is 137 Å². The van der Waals surface area contributed by atoms with Crippen molar-refractivity contribution >= 4 is 17.4 Å². The van der Waals surface area contributed by atoms with Crippen molar-refractivity contribution < 1.29 is 19.4 Å². The van der Waals surface area contributed by atoms with Gasteiger partial charge in [0.05, 0.1) is 11.6 Å². The molecule has 1 aliphatic heterocycles. The quantitative estimate of drug-likeness (QED) is 0.205. The minimum absolute atomic E-state index is 0.0715. The van der Waals surface area contributed by atoms with Crippen molar-refractivity contribution in [2.45, 2.75) is 19.1 Å². The second-order valence-corrected chi connectivity index (χ2v) is 8.81. The predicted molar refractivity (Wildman–Crippen MR) is 141 cm³/mol. The highest BCUT2D eigenvalue weighted by molar-refractivity contribution is 6.46. The maximum absolute atomic E-state index is 13.2. The van der Waals surface area contributed by atoms with Gasteiger partial charge in [-0.05, 0) is 47.4 Å². The number of amides is 1. The molecular weight excluding hydrogens is 464 g/mol. The number of aliphatic hydroxyl groups excluding tert-OH is 1. The van der Waals surface area contributed by atoms with E-state index in [9.17, 15) is 14.7 Å². The fraction of sp³-hybridized carbons (Fsp3) is 0.129. The molecule has 1 aliphatic rings. The number of benzene rings is 3. The molecule has 1 atom stereocenters. The topological polar surface area (TPSA) is 79.7 Å². The van der Waals surface area contributed by atoms with Crippen LogP contribution in [0.1, 0.15) is 28.3 Å². The Morgan fingerprint density at radius 3 is 2.08 bits per heavy atom. The van der Waals surface area contributed by atoms with Gasteiger partial charge in [0, 0.05) is 24.5 Å². The molecule has 37 heavy (non-hydrogen) atoms. The highest BCUT2D eigenvalue weighted by Gasteiger charge is 2.45. The number of likely N-dealkylation sites (tertiary alicyclic amines) is 1. The van der Waals surface area contributed by atoms with Gasteiger partial charge in [0.1, 0.15) is 18.1 Å². The van der Waals surface area contributed by atoms with Gasteiger partial charge in [-0.15, -0.1) is 0 Å². The largest absolute Gasteiger partial charge is 0.507 e. The average molecular weight is 491 g/mol. The minimum Gasteiger partial charge on any atom is -0.507 e. The minimum atomic E-state index is -0.722. The molecule has 1 unspecified atom stereocenters. The van der Waals surface area contributed by atoms with E-state index in [-0.39, 0.29) is 11.3 Å². The third-order valence-electron chi connectivity index (χ3n) is 6.42. The highest BCUT2D eigenvalue weighted by atomic mass is 16.5. The summed E-state index contributed by atoms with van der Waals surface area (Å²) < 4.78 is 5.91. The first-order chi connectivity index (χ1) is 18.1. The zero-order valence-electron chi connectivity index (χ0n) is 20.2. The lowest BCUT2D eigenvalue weighted by Gasteiger charge is -2.25. The second kappa shape index (κ2) is 10.9. The molecule has 5 rings (SSSR count). The molecule has 1 N–H and O–H groups in total. The highest BCUT2D eigenvalue weighted by Crippen LogP contribution is 2.39. The van der Waals surface area contributed by atoms with E-state index in [1.165, 1.54) is 12.4 Å². The summed E-state index contributed by atoms with van der Waals surface area (Å²) >= 11 is 0. The third kappa shape index (κ3) is 5.28. The van der Waals surface area contributed by atoms with E-state index in [2.05, 4.69) is 4.98 Å². The Hall–Kier alpha value is -4.71. The van der Waals surface area contributed by atoms with E-state index in [0.717, 1.165) is 16.7 Å². The zero-order chi connectivity index (χ0) is 25.6. The lowest BCUT2D eigenvalue weighted by atomic mass is 9.95. The molecular formula is C31H26N2O4. The molecule has 0 spiro atoms. The zero-order valence-corrected chi connectivity index (χ0v) is 20.2. The van der Waals surface area contributed by atoms with Crippen molar-refractivity contribution in [3.8, 4) is 5.75 Å². The number of nitrogens with zero attached hydrogens (tertiary/aromatic N) is 2. The number of carbonyl (C=O) groups is 2. The fourth-order valence-corrected chi connectivity index (χ4v) is 4.50. The van der Waals surface area contributed by atoms with Crippen LogP contribution in [0.2, 0.25) is 0 Å². The molecule has 4 aromatic rings. The summed E-state index contributed by atoms with van der Waals surface area (Å²) in [5.41, 5.74) is 3.33. The molecule has 1 saturated heterocycles. The first-order valence-electron chi connectivity index (χ1n) is 12.1. The maximum atomic E-state index is 13.2. The Bertz CT molecular complexity index is 1400. The van der Waals surface area contributed by atoms with Crippen LogP contribution in [0.25, 0.3) is 5.76 Å². The summed E-state index contributed by atoms with van der Waals surface area (Å²) in [7, 11) is 0. The Morgan fingerprint density at radius 1 is 0.811 bits per heavy atom. The number of hydrogen-bond donors (Lipinski definition) is 1. The lowest BCUT2D eigenvalue weighted by Crippen LogP contribution is -2.31. The Morgan fingerprint density at radius 2 is 1.43 bits per heavy atom. The number of rotatable bonds is 8. The van der Waals surface area contributed by atoms with Gasteiger partial charge in [-0.25, -0.2) is 0 Å². The molecule has 1 amide bonds. The smallest absolute Gasteiger partial charge is 0.295 e. The molecule has 1 aromatic heterocycles. The van der Waals surface area contributed by atoms with Crippen LogP contribution >= 0.6 is 0 Å². The van der Waals surface area contributed by atoms with Crippen LogP contribution in [0.5, 0.6) is 5.75 Å². The van der Waals surface area contributed by atoms with Crippen LogP contribution in [-0.4, -0.2) is 33.2 Å². The molecule has 6 heteroatoms. The lowest BCUT2D eigenvalue weighted by molar-refractivity contribution is -0.139. The van der Waals surface area contributed by atoms with Crippen LogP contribution in [0.4, 0.5) is 0 Å². The fourth-order valence-electron chi connectivity index (χ4n) is 4.50. The molecule has 3 aromatic carbocycles. The van der Waals surface area contributed by atoms with E-state index in [1.807, 2.05) is 84.9 Å². The first kappa shape index (κ1) is 24.0. The molecule has 0 aliphatic carbocycles. The van der Waals surface area contributed by atoms with Gasteiger partial charge in [0.2, 0.25) is 0 Å². The van der Waals surface area contributed by atoms with Gasteiger partial charge in [-0.2, -0.15) is 0 Å². The van der Waals surface area contributed by atoms with Crippen molar-refractivity contribution in [1.82, 2.24) is 9.88 Å². The number of aromatic nitrogens is 1. The summed E-state index contributed by atoms with van der Waals surface area (Å²) in [6.07, 6.45) is 3.65. The molecule has 0 saturated carbocycles. The molecule has 0 radical (unpaired) electrons.